The van der Waals surface area contributed by atoms with Gasteiger partial charge < -0.3 is 0 Å². The molecule has 2 aromatic carbocycles. The van der Waals surface area contributed by atoms with Gasteiger partial charge in [0, 0.05) is 29.1 Å². The molecule has 7 heteroatoms. The minimum atomic E-state index is -0.397. The van der Waals surface area contributed by atoms with Crippen LogP contribution in [-0.2, 0) is 0 Å². The summed E-state index contributed by atoms with van der Waals surface area (Å²) >= 11 is 0. The fraction of sp³-hybridized carbons (Fsp3) is 0. The van der Waals surface area contributed by atoms with Crippen molar-refractivity contribution < 1.29 is 13.4 Å². The predicted octanol–water partition coefficient (Wildman–Crippen LogP) is 5.29. The SMILES string of the molecule is Fc1cccc(-c2nc(-c3cccnc3)c(-c3cccc(F)c3)c3nonc23)c1. The number of benzene rings is 2. The number of fused-ring (bicyclic) bond motifs is 1. The summed E-state index contributed by atoms with van der Waals surface area (Å²) in [5.74, 6) is -0.788. The molecule has 0 aliphatic rings. The first-order chi connectivity index (χ1) is 14.2. The molecule has 0 aliphatic carbocycles. The van der Waals surface area contributed by atoms with Crippen molar-refractivity contribution in [3.8, 4) is 33.6 Å². The monoisotopic (exact) mass is 386 g/mol. The summed E-state index contributed by atoms with van der Waals surface area (Å²) in [5.41, 5.74) is 4.07. The van der Waals surface area contributed by atoms with E-state index in [4.69, 9.17) is 9.61 Å². The first-order valence-corrected chi connectivity index (χ1v) is 8.79. The number of hydrogen-bond donors (Lipinski definition) is 0. The average Bonchev–Trinajstić information content (AvgIpc) is 3.23. The Balaban J connectivity index is 1.89. The van der Waals surface area contributed by atoms with Crippen LogP contribution in [-0.4, -0.2) is 20.3 Å². The van der Waals surface area contributed by atoms with Crippen LogP contribution in [0.5, 0.6) is 0 Å². The number of halogens is 2. The van der Waals surface area contributed by atoms with E-state index in [1.807, 2.05) is 6.07 Å². The lowest BCUT2D eigenvalue weighted by Gasteiger charge is -2.12. The van der Waals surface area contributed by atoms with E-state index in [2.05, 4.69) is 15.3 Å². The number of pyridine rings is 2. The van der Waals surface area contributed by atoms with Crippen LogP contribution in [0.1, 0.15) is 0 Å². The van der Waals surface area contributed by atoms with Gasteiger partial charge in [0.25, 0.3) is 0 Å². The molecule has 5 nitrogen and oxygen atoms in total. The molecule has 29 heavy (non-hydrogen) atoms. The zero-order chi connectivity index (χ0) is 19.8. The smallest absolute Gasteiger partial charge is 0.162 e. The van der Waals surface area contributed by atoms with E-state index in [0.29, 0.717) is 44.7 Å². The highest BCUT2D eigenvalue weighted by Crippen LogP contribution is 2.39. The highest BCUT2D eigenvalue weighted by Gasteiger charge is 2.22. The topological polar surface area (TPSA) is 64.7 Å². The quantitative estimate of drug-likeness (QED) is 0.421. The van der Waals surface area contributed by atoms with Gasteiger partial charge in [0.2, 0.25) is 0 Å². The van der Waals surface area contributed by atoms with Gasteiger partial charge in [-0.05, 0) is 52.3 Å². The van der Waals surface area contributed by atoms with Gasteiger partial charge >= 0.3 is 0 Å². The van der Waals surface area contributed by atoms with Gasteiger partial charge in [-0.1, -0.05) is 24.3 Å². The maximum atomic E-state index is 14.0. The van der Waals surface area contributed by atoms with Gasteiger partial charge in [-0.3, -0.25) is 4.98 Å². The molecule has 0 spiro atoms. The Morgan fingerprint density at radius 3 is 2.10 bits per heavy atom. The van der Waals surface area contributed by atoms with Gasteiger partial charge in [-0.25, -0.2) is 18.4 Å². The molecule has 0 atom stereocenters. The van der Waals surface area contributed by atoms with Gasteiger partial charge in [-0.2, -0.15) is 0 Å². The minimum absolute atomic E-state index is 0.363. The fourth-order valence-corrected chi connectivity index (χ4v) is 3.31. The van der Waals surface area contributed by atoms with E-state index < -0.39 is 11.6 Å². The summed E-state index contributed by atoms with van der Waals surface area (Å²) < 4.78 is 32.8. The lowest BCUT2D eigenvalue weighted by Crippen LogP contribution is -1.97. The minimum Gasteiger partial charge on any atom is -0.264 e. The van der Waals surface area contributed by atoms with E-state index in [1.54, 1.807) is 42.7 Å². The summed E-state index contributed by atoms with van der Waals surface area (Å²) in [6.45, 7) is 0. The van der Waals surface area contributed by atoms with E-state index in [1.165, 1.54) is 24.3 Å². The molecule has 3 aromatic heterocycles. The van der Waals surface area contributed by atoms with Crippen LogP contribution in [0.2, 0.25) is 0 Å². The third-order valence-corrected chi connectivity index (χ3v) is 4.56. The molecule has 0 unspecified atom stereocenters. The molecule has 0 aliphatic heterocycles. The van der Waals surface area contributed by atoms with E-state index >= 15 is 0 Å². The van der Waals surface area contributed by atoms with Crippen LogP contribution in [0.4, 0.5) is 8.78 Å². The van der Waals surface area contributed by atoms with Gasteiger partial charge in [0.15, 0.2) is 5.52 Å². The van der Waals surface area contributed by atoms with Crippen molar-refractivity contribution in [3.05, 3.63) is 84.7 Å². The van der Waals surface area contributed by atoms with Crippen LogP contribution in [0.15, 0.2) is 77.7 Å². The molecule has 5 aromatic rings. The molecular weight excluding hydrogens is 374 g/mol. The van der Waals surface area contributed by atoms with Crippen LogP contribution in [0.25, 0.3) is 44.7 Å². The number of aromatic nitrogens is 4. The third-order valence-electron chi connectivity index (χ3n) is 4.56. The molecule has 0 fully saturated rings. The number of nitrogens with zero attached hydrogens (tertiary/aromatic N) is 4. The first kappa shape index (κ1) is 17.1. The molecule has 0 N–H and O–H groups in total. The van der Waals surface area contributed by atoms with Crippen molar-refractivity contribution in [2.24, 2.45) is 0 Å². The lowest BCUT2D eigenvalue weighted by molar-refractivity contribution is 0.315. The molecule has 0 radical (unpaired) electrons. The second-order valence-electron chi connectivity index (χ2n) is 6.41. The average molecular weight is 386 g/mol. The number of hydrogen-bond acceptors (Lipinski definition) is 5. The maximum absolute atomic E-state index is 14.0. The van der Waals surface area contributed by atoms with E-state index in [9.17, 15) is 8.78 Å². The van der Waals surface area contributed by atoms with Gasteiger partial charge in [0.05, 0.1) is 5.69 Å². The first-order valence-electron chi connectivity index (χ1n) is 8.79. The van der Waals surface area contributed by atoms with Crippen molar-refractivity contribution in [3.63, 3.8) is 0 Å². The molecule has 5 rings (SSSR count). The molecule has 140 valence electrons. The summed E-state index contributed by atoms with van der Waals surface area (Å²) in [7, 11) is 0. The van der Waals surface area contributed by atoms with Crippen molar-refractivity contribution in [1.82, 2.24) is 20.3 Å². The lowest BCUT2D eigenvalue weighted by atomic mass is 9.96. The summed E-state index contributed by atoms with van der Waals surface area (Å²) in [4.78, 5) is 8.93. The largest absolute Gasteiger partial charge is 0.264 e. The maximum Gasteiger partial charge on any atom is 0.162 e. The standard InChI is InChI=1S/C22H12F2N4O/c23-16-7-1-4-13(10-16)18-19(15-6-3-9-25-12-15)26-20(22-21(18)27-29-28-22)14-5-2-8-17(24)11-14/h1-12H. The Morgan fingerprint density at radius 2 is 1.38 bits per heavy atom. The van der Waals surface area contributed by atoms with Crippen LogP contribution >= 0.6 is 0 Å². The van der Waals surface area contributed by atoms with Crippen molar-refractivity contribution in [2.75, 3.05) is 0 Å². The highest BCUT2D eigenvalue weighted by atomic mass is 19.1. The second-order valence-corrected chi connectivity index (χ2v) is 6.41. The van der Waals surface area contributed by atoms with Crippen LogP contribution in [0.3, 0.4) is 0 Å². The summed E-state index contributed by atoms with van der Waals surface area (Å²) in [6.07, 6.45) is 3.30. The normalized spacial score (nSPS) is 11.1. The summed E-state index contributed by atoms with van der Waals surface area (Å²) in [5, 5.41) is 8.04. The highest BCUT2D eigenvalue weighted by molar-refractivity contribution is 6.03. The van der Waals surface area contributed by atoms with E-state index in [0.717, 1.165) is 0 Å². The molecule has 0 saturated heterocycles. The predicted molar refractivity (Wildman–Crippen MR) is 104 cm³/mol. The molecular formula is C22H12F2N4O. The zero-order valence-corrected chi connectivity index (χ0v) is 14.9. The molecule has 0 saturated carbocycles. The summed E-state index contributed by atoms with van der Waals surface area (Å²) in [6, 6.07) is 15.8. The Kier molecular flexibility index (Phi) is 4.05. The Hall–Kier alpha value is -4.00. The van der Waals surface area contributed by atoms with Crippen molar-refractivity contribution >= 4 is 11.0 Å². The molecule has 0 amide bonds. The second kappa shape index (κ2) is 6.87. The van der Waals surface area contributed by atoms with Gasteiger partial charge in [-0.15, -0.1) is 0 Å². The Labute approximate surface area is 163 Å². The zero-order valence-electron chi connectivity index (χ0n) is 14.9. The fourth-order valence-electron chi connectivity index (χ4n) is 3.31. The van der Waals surface area contributed by atoms with E-state index in [-0.39, 0.29) is 0 Å². The molecule has 3 heterocycles. The van der Waals surface area contributed by atoms with Crippen molar-refractivity contribution in [2.45, 2.75) is 0 Å². The Morgan fingerprint density at radius 1 is 0.690 bits per heavy atom. The van der Waals surface area contributed by atoms with Crippen LogP contribution < -0.4 is 0 Å². The third kappa shape index (κ3) is 3.02. The molecule has 0 bridgehead atoms. The van der Waals surface area contributed by atoms with Gasteiger partial charge in [0.1, 0.15) is 22.8 Å². The van der Waals surface area contributed by atoms with Crippen LogP contribution in [0, 0.1) is 11.6 Å². The van der Waals surface area contributed by atoms with Crippen molar-refractivity contribution in [1.29, 1.82) is 0 Å². The number of rotatable bonds is 3. The Bertz CT molecular complexity index is 1340.